The number of halogens is 3. The van der Waals surface area contributed by atoms with E-state index in [4.69, 9.17) is 19.6 Å². The van der Waals surface area contributed by atoms with Crippen LogP contribution in [0.4, 0.5) is 18.9 Å². The predicted octanol–water partition coefficient (Wildman–Crippen LogP) is 7.73. The highest BCUT2D eigenvalue weighted by molar-refractivity contribution is 6.76. The molecule has 0 fully saturated rings. The van der Waals surface area contributed by atoms with Crippen LogP contribution in [0.3, 0.4) is 0 Å². The van der Waals surface area contributed by atoms with E-state index in [9.17, 15) is 18.0 Å². The number of carbonyl (C=O) groups is 1. The molecular weight excluding hydrogens is 541 g/mol. The van der Waals surface area contributed by atoms with E-state index in [1.807, 2.05) is 0 Å². The maximum absolute atomic E-state index is 14.0. The number of rotatable bonds is 13. The summed E-state index contributed by atoms with van der Waals surface area (Å²) in [6.07, 6.45) is -3.71. The van der Waals surface area contributed by atoms with Gasteiger partial charge in [0, 0.05) is 26.6 Å². The summed E-state index contributed by atoms with van der Waals surface area (Å²) in [7, 11) is 0.0284. The Hall–Kier alpha value is -3.83. The molecule has 3 aromatic rings. The van der Waals surface area contributed by atoms with Gasteiger partial charge in [0.1, 0.15) is 35.3 Å². The molecular formula is C29H33F3N2O5Si. The van der Waals surface area contributed by atoms with Crippen molar-refractivity contribution in [3.63, 3.8) is 0 Å². The number of hydrogen-bond donors (Lipinski definition) is 2. The van der Waals surface area contributed by atoms with E-state index in [2.05, 4.69) is 29.7 Å². The number of nitrogens with one attached hydrogen (secondary N) is 2. The topological polar surface area (TPSA) is 89.9 Å². The largest absolute Gasteiger partial charge is 0.469 e. The second-order valence-corrected chi connectivity index (χ2v) is 15.8. The van der Waals surface area contributed by atoms with Crippen molar-refractivity contribution >= 4 is 25.9 Å². The molecule has 0 aliphatic rings. The van der Waals surface area contributed by atoms with Gasteiger partial charge in [-0.05, 0) is 54.1 Å². The molecule has 0 amide bonds. The number of esters is 1. The third kappa shape index (κ3) is 9.13. The predicted molar refractivity (Wildman–Crippen MR) is 151 cm³/mol. The Balaban J connectivity index is 1.79. The van der Waals surface area contributed by atoms with Gasteiger partial charge in [-0.3, -0.25) is 4.79 Å². The summed E-state index contributed by atoms with van der Waals surface area (Å²) in [6, 6.07) is 15.6. The van der Waals surface area contributed by atoms with E-state index in [1.165, 1.54) is 31.4 Å². The summed E-state index contributed by atoms with van der Waals surface area (Å²) in [4.78, 5) is 11.6. The minimum atomic E-state index is -4.74. The molecule has 0 radical (unpaired) electrons. The van der Waals surface area contributed by atoms with Crippen LogP contribution in [0.15, 0.2) is 60.7 Å². The highest BCUT2D eigenvalue weighted by Crippen LogP contribution is 2.41. The van der Waals surface area contributed by atoms with Crippen molar-refractivity contribution in [2.75, 3.05) is 25.8 Å². The molecule has 2 N–H and O–H groups in total. The highest BCUT2D eigenvalue weighted by atomic mass is 28.3. The van der Waals surface area contributed by atoms with Gasteiger partial charge in [0.15, 0.2) is 0 Å². The molecule has 0 bridgehead atoms. The monoisotopic (exact) mass is 574 g/mol. The molecule has 214 valence electrons. The fraction of sp³-hybridized carbons (Fsp3) is 0.310. The number of carbonyl (C=O) groups excluding carboxylic acids is 1. The molecule has 11 heteroatoms. The van der Waals surface area contributed by atoms with E-state index in [0.717, 1.165) is 18.3 Å². The van der Waals surface area contributed by atoms with Crippen molar-refractivity contribution in [2.24, 2.45) is 0 Å². The third-order valence-electron chi connectivity index (χ3n) is 5.76. The lowest BCUT2D eigenvalue weighted by atomic mass is 10.1. The number of anilines is 1. The third-order valence-corrected chi connectivity index (χ3v) is 7.46. The smallest absolute Gasteiger partial charge is 0.420 e. The SMILES string of the molecule is COC(=O)Cc1cccc(Oc2ccc(Oc3cccc(NCOCC[Si](C)(C)C)c3C=N)cc2C(F)(F)F)c1. The van der Waals surface area contributed by atoms with Crippen LogP contribution in [0.25, 0.3) is 0 Å². The van der Waals surface area contributed by atoms with Crippen LogP contribution in [0.1, 0.15) is 16.7 Å². The van der Waals surface area contributed by atoms with Crippen molar-refractivity contribution in [2.45, 2.75) is 38.3 Å². The lowest BCUT2D eigenvalue weighted by Gasteiger charge is -2.18. The summed E-state index contributed by atoms with van der Waals surface area (Å²) >= 11 is 0. The number of hydrogen-bond acceptors (Lipinski definition) is 7. The molecule has 0 atom stereocenters. The minimum absolute atomic E-state index is 0.0412. The van der Waals surface area contributed by atoms with E-state index in [-0.39, 0.29) is 30.4 Å². The summed E-state index contributed by atoms with van der Waals surface area (Å²) in [5, 5.41) is 11.0. The normalized spacial score (nSPS) is 11.6. The number of benzene rings is 3. The standard InChI is InChI=1S/C29H33F3N2O5Si/c1-36-28(35)16-20-7-5-8-21(15-20)39-27-12-11-22(17-24(27)29(30,31)32)38-26-10-6-9-25(23(26)18-33)34-19-37-13-14-40(2,3)4/h5-12,15,17-18,33-34H,13-14,16,19H2,1-4H3. The van der Waals surface area contributed by atoms with E-state index in [1.54, 1.807) is 30.3 Å². The Labute approximate surface area is 232 Å². The van der Waals surface area contributed by atoms with Gasteiger partial charge in [0.05, 0.1) is 19.1 Å². The Morgan fingerprint density at radius 3 is 2.35 bits per heavy atom. The summed E-state index contributed by atoms with van der Waals surface area (Å²) < 4.78 is 63.7. The highest BCUT2D eigenvalue weighted by Gasteiger charge is 2.35. The van der Waals surface area contributed by atoms with Crippen LogP contribution in [-0.4, -0.2) is 40.7 Å². The number of methoxy groups -OCH3 is 1. The Morgan fingerprint density at radius 2 is 1.68 bits per heavy atom. The molecule has 0 aliphatic carbocycles. The van der Waals surface area contributed by atoms with Crippen LogP contribution in [-0.2, 0) is 26.9 Å². The van der Waals surface area contributed by atoms with Crippen LogP contribution in [0.5, 0.6) is 23.0 Å². The summed E-state index contributed by atoms with van der Waals surface area (Å²) in [6.45, 7) is 7.60. The van der Waals surface area contributed by atoms with Gasteiger partial charge < -0.3 is 29.7 Å². The van der Waals surface area contributed by atoms with Gasteiger partial charge in [-0.25, -0.2) is 0 Å². The zero-order valence-electron chi connectivity index (χ0n) is 22.9. The van der Waals surface area contributed by atoms with Gasteiger partial charge in [-0.15, -0.1) is 0 Å². The summed E-state index contributed by atoms with van der Waals surface area (Å²) in [5.41, 5.74) is 0.424. The van der Waals surface area contributed by atoms with E-state index in [0.29, 0.717) is 23.4 Å². The van der Waals surface area contributed by atoms with Crippen LogP contribution < -0.4 is 14.8 Å². The maximum Gasteiger partial charge on any atom is 0.420 e. The molecule has 0 aliphatic heterocycles. The first-order valence-electron chi connectivity index (χ1n) is 12.6. The Morgan fingerprint density at radius 1 is 0.975 bits per heavy atom. The molecule has 7 nitrogen and oxygen atoms in total. The lowest BCUT2D eigenvalue weighted by molar-refractivity contribution is -0.140. The number of alkyl halides is 3. The minimum Gasteiger partial charge on any atom is -0.469 e. The molecule has 40 heavy (non-hydrogen) atoms. The number of ether oxygens (including phenoxy) is 4. The van der Waals surface area contributed by atoms with Gasteiger partial charge >= 0.3 is 12.1 Å². The first kappa shape index (κ1) is 30.7. The fourth-order valence-corrected chi connectivity index (χ4v) is 4.37. The van der Waals surface area contributed by atoms with Crippen molar-refractivity contribution in [1.82, 2.24) is 0 Å². The zero-order chi connectivity index (χ0) is 29.3. The molecule has 0 heterocycles. The van der Waals surface area contributed by atoms with Crippen LogP contribution in [0.2, 0.25) is 25.7 Å². The van der Waals surface area contributed by atoms with Crippen molar-refractivity contribution in [3.05, 3.63) is 77.4 Å². The molecule has 3 aromatic carbocycles. The van der Waals surface area contributed by atoms with Crippen molar-refractivity contribution in [1.29, 1.82) is 5.41 Å². The van der Waals surface area contributed by atoms with Crippen molar-refractivity contribution in [3.8, 4) is 23.0 Å². The quantitative estimate of drug-likeness (QED) is 0.0714. The Kier molecular flexibility index (Phi) is 10.4. The Bertz CT molecular complexity index is 1330. The van der Waals surface area contributed by atoms with Gasteiger partial charge in [0.25, 0.3) is 0 Å². The second-order valence-electron chi connectivity index (χ2n) is 10.2. The molecule has 0 spiro atoms. The van der Waals surface area contributed by atoms with E-state index >= 15 is 0 Å². The summed E-state index contributed by atoms with van der Waals surface area (Å²) in [5.74, 6) is -0.636. The van der Waals surface area contributed by atoms with Gasteiger partial charge in [-0.1, -0.05) is 37.8 Å². The molecule has 0 unspecified atom stereocenters. The van der Waals surface area contributed by atoms with Gasteiger partial charge in [0.2, 0.25) is 0 Å². The zero-order valence-corrected chi connectivity index (χ0v) is 23.9. The first-order chi connectivity index (χ1) is 18.9. The lowest BCUT2D eigenvalue weighted by Crippen LogP contribution is -2.22. The first-order valence-corrected chi connectivity index (χ1v) is 16.3. The molecule has 0 saturated carbocycles. The molecule has 0 aromatic heterocycles. The fourth-order valence-electron chi connectivity index (χ4n) is 3.61. The van der Waals surface area contributed by atoms with Gasteiger partial charge in [-0.2, -0.15) is 13.2 Å². The van der Waals surface area contributed by atoms with Crippen LogP contribution in [0, 0.1) is 5.41 Å². The molecule has 0 saturated heterocycles. The van der Waals surface area contributed by atoms with Crippen molar-refractivity contribution < 1.29 is 36.9 Å². The van der Waals surface area contributed by atoms with Crippen LogP contribution >= 0.6 is 0 Å². The molecule has 3 rings (SSSR count). The van der Waals surface area contributed by atoms with E-state index < -0.39 is 31.5 Å². The maximum atomic E-state index is 14.0. The average Bonchev–Trinajstić information content (AvgIpc) is 2.88. The average molecular weight is 575 g/mol. The second kappa shape index (κ2) is 13.5.